The minimum absolute atomic E-state index is 0.0531. The van der Waals surface area contributed by atoms with Gasteiger partial charge in [0.25, 0.3) is 5.56 Å². The molecule has 5 heteroatoms. The number of hydrogen-bond acceptors (Lipinski definition) is 3. The van der Waals surface area contributed by atoms with E-state index in [-0.39, 0.29) is 5.15 Å². The fourth-order valence-corrected chi connectivity index (χ4v) is 1.31. The molecule has 0 amide bonds. The molecule has 4 nitrogen and oxygen atoms in total. The molecule has 1 aromatic heterocycles. The Bertz CT molecular complexity index is 537. The molecule has 2 aromatic rings. The highest BCUT2D eigenvalue weighted by atomic mass is 35.5. The number of nitrogens with one attached hydrogen (secondary N) is 1. The molecule has 0 saturated carbocycles. The lowest BCUT2D eigenvalue weighted by Gasteiger charge is -2.01. The van der Waals surface area contributed by atoms with Crippen LogP contribution in [-0.2, 0) is 0 Å². The Kier molecular flexibility index (Phi) is 4.31. The lowest BCUT2D eigenvalue weighted by molar-refractivity contribution is 0.415. The Hall–Kier alpha value is -1.55. The van der Waals surface area contributed by atoms with Crippen molar-refractivity contribution >= 4 is 22.6 Å². The molecule has 1 aromatic carbocycles. The average molecular weight is 241 g/mol. The lowest BCUT2D eigenvalue weighted by atomic mass is 10.3. The van der Waals surface area contributed by atoms with Crippen molar-refractivity contribution in [1.82, 2.24) is 9.97 Å². The fraction of sp³-hybridized carbons (Fsp3) is 0.273. The molecule has 0 aliphatic carbocycles. The highest BCUT2D eigenvalue weighted by Crippen LogP contribution is 2.16. The topological polar surface area (TPSA) is 55.0 Å². The van der Waals surface area contributed by atoms with Gasteiger partial charge in [-0.15, -0.1) is 0 Å². The van der Waals surface area contributed by atoms with Gasteiger partial charge in [-0.25, -0.2) is 4.98 Å². The van der Waals surface area contributed by atoms with E-state index in [1.807, 2.05) is 13.8 Å². The lowest BCUT2D eigenvalue weighted by Crippen LogP contribution is -2.08. The summed E-state index contributed by atoms with van der Waals surface area (Å²) in [6, 6.07) is 5.18. The van der Waals surface area contributed by atoms with Crippen LogP contribution in [0.2, 0.25) is 5.15 Å². The third kappa shape index (κ3) is 2.52. The van der Waals surface area contributed by atoms with Crippen molar-refractivity contribution in [3.63, 3.8) is 0 Å². The molecule has 1 N–H and O–H groups in total. The van der Waals surface area contributed by atoms with Gasteiger partial charge in [-0.1, -0.05) is 25.4 Å². The number of ether oxygens (including phenoxy) is 1. The first-order chi connectivity index (χ1) is 7.70. The van der Waals surface area contributed by atoms with Gasteiger partial charge < -0.3 is 9.72 Å². The van der Waals surface area contributed by atoms with E-state index in [2.05, 4.69) is 9.97 Å². The summed E-state index contributed by atoms with van der Waals surface area (Å²) in [4.78, 5) is 17.7. The van der Waals surface area contributed by atoms with Gasteiger partial charge in [0.15, 0.2) is 5.15 Å². The first-order valence-electron chi connectivity index (χ1n) is 4.94. The maximum atomic E-state index is 11.1. The highest BCUT2D eigenvalue weighted by Gasteiger charge is 2.02. The van der Waals surface area contributed by atoms with Crippen LogP contribution in [0, 0.1) is 0 Å². The number of rotatable bonds is 1. The molecule has 0 saturated heterocycles. The molecular weight excluding hydrogens is 228 g/mol. The van der Waals surface area contributed by atoms with E-state index in [1.165, 1.54) is 0 Å². The highest BCUT2D eigenvalue weighted by molar-refractivity contribution is 6.29. The van der Waals surface area contributed by atoms with Crippen LogP contribution in [0.4, 0.5) is 0 Å². The van der Waals surface area contributed by atoms with Gasteiger partial charge in [0, 0.05) is 6.07 Å². The molecule has 0 aliphatic rings. The van der Waals surface area contributed by atoms with Crippen molar-refractivity contribution in [3.8, 4) is 5.75 Å². The normalized spacial score (nSPS) is 9.50. The van der Waals surface area contributed by atoms with Gasteiger partial charge in [-0.05, 0) is 12.1 Å². The second-order valence-corrected chi connectivity index (χ2v) is 3.10. The number of aromatic amines is 1. The zero-order valence-electron chi connectivity index (χ0n) is 9.37. The van der Waals surface area contributed by atoms with Crippen LogP contribution in [0.25, 0.3) is 11.0 Å². The Morgan fingerprint density at radius 1 is 1.38 bits per heavy atom. The van der Waals surface area contributed by atoms with Crippen molar-refractivity contribution in [2.24, 2.45) is 0 Å². The zero-order valence-corrected chi connectivity index (χ0v) is 10.1. The molecule has 86 valence electrons. The van der Waals surface area contributed by atoms with Crippen LogP contribution >= 0.6 is 11.6 Å². The van der Waals surface area contributed by atoms with E-state index < -0.39 is 5.56 Å². The molecule has 0 atom stereocenters. The van der Waals surface area contributed by atoms with Gasteiger partial charge >= 0.3 is 0 Å². The van der Waals surface area contributed by atoms with Crippen LogP contribution in [0.5, 0.6) is 5.75 Å². The van der Waals surface area contributed by atoms with Gasteiger partial charge in [0.05, 0.1) is 18.1 Å². The predicted molar refractivity (Wildman–Crippen MR) is 65.3 cm³/mol. The van der Waals surface area contributed by atoms with Crippen LogP contribution in [0.15, 0.2) is 23.0 Å². The van der Waals surface area contributed by atoms with Crippen molar-refractivity contribution in [1.29, 1.82) is 0 Å². The Morgan fingerprint density at radius 2 is 2.06 bits per heavy atom. The Morgan fingerprint density at radius 3 is 2.69 bits per heavy atom. The summed E-state index contributed by atoms with van der Waals surface area (Å²) in [5.41, 5.74) is 0.849. The summed E-state index contributed by atoms with van der Waals surface area (Å²) in [5.74, 6) is 0.664. The van der Waals surface area contributed by atoms with Crippen molar-refractivity contribution in [3.05, 3.63) is 33.7 Å². The van der Waals surface area contributed by atoms with Gasteiger partial charge in [0.2, 0.25) is 0 Å². The minimum atomic E-state index is -0.396. The monoisotopic (exact) mass is 240 g/mol. The third-order valence-corrected chi connectivity index (χ3v) is 2.11. The maximum absolute atomic E-state index is 11.1. The smallest absolute Gasteiger partial charge is 0.286 e. The number of halogens is 1. The Balaban J connectivity index is 0.000000606. The molecule has 0 unspecified atom stereocenters. The van der Waals surface area contributed by atoms with E-state index in [1.54, 1.807) is 25.3 Å². The molecule has 0 spiro atoms. The summed E-state index contributed by atoms with van der Waals surface area (Å²) < 4.78 is 5.01. The van der Waals surface area contributed by atoms with E-state index >= 15 is 0 Å². The van der Waals surface area contributed by atoms with E-state index in [0.717, 1.165) is 0 Å². The third-order valence-electron chi connectivity index (χ3n) is 1.86. The molecule has 1 heterocycles. The second kappa shape index (κ2) is 5.51. The molecule has 16 heavy (non-hydrogen) atoms. The largest absolute Gasteiger partial charge is 0.497 e. The SMILES string of the molecule is CC.COc1ccc2nc(Cl)c(=O)[nH]c2c1. The van der Waals surface area contributed by atoms with Crippen molar-refractivity contribution in [2.75, 3.05) is 7.11 Å². The Labute approximate surface area is 98.2 Å². The summed E-state index contributed by atoms with van der Waals surface area (Å²) in [6.07, 6.45) is 0. The number of methoxy groups -OCH3 is 1. The van der Waals surface area contributed by atoms with E-state index in [9.17, 15) is 4.79 Å². The number of fused-ring (bicyclic) bond motifs is 1. The number of nitrogens with zero attached hydrogens (tertiary/aromatic N) is 1. The van der Waals surface area contributed by atoms with Gasteiger partial charge in [-0.2, -0.15) is 0 Å². The molecule has 0 radical (unpaired) electrons. The molecule has 2 rings (SSSR count). The number of aromatic nitrogens is 2. The quantitative estimate of drug-likeness (QED) is 0.834. The second-order valence-electron chi connectivity index (χ2n) is 2.74. The minimum Gasteiger partial charge on any atom is -0.497 e. The summed E-state index contributed by atoms with van der Waals surface area (Å²) in [6.45, 7) is 4.00. The summed E-state index contributed by atoms with van der Waals surface area (Å²) in [5, 5.41) is -0.0531. The molecule has 0 bridgehead atoms. The van der Waals surface area contributed by atoms with Crippen LogP contribution in [-0.4, -0.2) is 17.1 Å². The van der Waals surface area contributed by atoms with Crippen LogP contribution in [0.3, 0.4) is 0 Å². The molecular formula is C11H13ClN2O2. The number of H-pyrrole nitrogens is 1. The first kappa shape index (κ1) is 12.5. The van der Waals surface area contributed by atoms with Crippen molar-refractivity contribution in [2.45, 2.75) is 13.8 Å². The summed E-state index contributed by atoms with van der Waals surface area (Å²) >= 11 is 5.58. The summed E-state index contributed by atoms with van der Waals surface area (Å²) in [7, 11) is 1.56. The average Bonchev–Trinajstić information content (AvgIpc) is 2.33. The molecule has 0 aliphatic heterocycles. The fourth-order valence-electron chi connectivity index (χ4n) is 1.17. The van der Waals surface area contributed by atoms with E-state index in [4.69, 9.17) is 16.3 Å². The van der Waals surface area contributed by atoms with Gasteiger partial charge in [0.1, 0.15) is 5.75 Å². The standard InChI is InChI=1S/C9H7ClN2O2.C2H6/c1-14-5-2-3-6-7(4-5)12-9(13)8(10)11-6;1-2/h2-4H,1H3,(H,12,13);1-2H3. The van der Waals surface area contributed by atoms with E-state index in [0.29, 0.717) is 16.8 Å². The number of hydrogen-bond donors (Lipinski definition) is 1. The van der Waals surface area contributed by atoms with Crippen LogP contribution < -0.4 is 10.3 Å². The number of benzene rings is 1. The first-order valence-corrected chi connectivity index (χ1v) is 5.32. The maximum Gasteiger partial charge on any atom is 0.286 e. The van der Waals surface area contributed by atoms with Crippen molar-refractivity contribution < 1.29 is 4.74 Å². The zero-order chi connectivity index (χ0) is 12.1. The molecule has 0 fully saturated rings. The van der Waals surface area contributed by atoms with Crippen LogP contribution in [0.1, 0.15) is 13.8 Å². The van der Waals surface area contributed by atoms with Gasteiger partial charge in [-0.3, -0.25) is 4.79 Å². The predicted octanol–water partition coefficient (Wildman–Crippen LogP) is 2.61.